The molecule has 5 nitrogen and oxygen atoms in total. The number of hydrogen-bond donors (Lipinski definition) is 2. The van der Waals surface area contributed by atoms with Crippen molar-refractivity contribution in [2.45, 2.75) is 6.10 Å². The largest absolute Gasteiger partial charge is 0.387 e. The minimum absolute atomic E-state index is 0.0275. The van der Waals surface area contributed by atoms with Crippen LogP contribution in [0.3, 0.4) is 0 Å². The Kier molecular flexibility index (Phi) is 3.56. The molecule has 0 saturated heterocycles. The topological polar surface area (TPSA) is 89.4 Å². The molecule has 0 aliphatic heterocycles. The van der Waals surface area contributed by atoms with E-state index in [0.29, 0.717) is 5.56 Å². The molecule has 0 saturated carbocycles. The second kappa shape index (κ2) is 4.50. The van der Waals surface area contributed by atoms with Crippen LogP contribution in [0.5, 0.6) is 0 Å². The molecule has 0 radical (unpaired) electrons. The van der Waals surface area contributed by atoms with Crippen molar-refractivity contribution >= 4 is 21.6 Å². The van der Waals surface area contributed by atoms with Crippen LogP contribution in [0, 0.1) is 10.1 Å². The quantitative estimate of drug-likeness (QED) is 0.634. The van der Waals surface area contributed by atoms with Gasteiger partial charge in [0, 0.05) is 18.2 Å². The number of aliphatic hydroxyl groups is 1. The Morgan fingerprint density at radius 1 is 1.64 bits per heavy atom. The number of nitrogens with zero attached hydrogens (tertiary/aromatic N) is 1. The van der Waals surface area contributed by atoms with Crippen molar-refractivity contribution in [2.75, 3.05) is 6.54 Å². The molecule has 1 atom stereocenters. The van der Waals surface area contributed by atoms with E-state index in [4.69, 9.17) is 5.73 Å². The molecular formula is C8H9BrN2O3. The lowest BCUT2D eigenvalue weighted by Crippen LogP contribution is -2.12. The first-order chi connectivity index (χ1) is 6.57. The molecule has 0 unspecified atom stereocenters. The average Bonchev–Trinajstić information content (AvgIpc) is 2.16. The second-order valence-corrected chi connectivity index (χ2v) is 3.48. The third kappa shape index (κ3) is 2.09. The van der Waals surface area contributed by atoms with E-state index < -0.39 is 11.0 Å². The predicted molar refractivity (Wildman–Crippen MR) is 54.8 cm³/mol. The highest BCUT2D eigenvalue weighted by Gasteiger charge is 2.18. The molecule has 0 spiro atoms. The smallest absolute Gasteiger partial charge is 0.283 e. The summed E-state index contributed by atoms with van der Waals surface area (Å²) in [5.41, 5.74) is 5.62. The third-order valence-electron chi connectivity index (χ3n) is 1.79. The van der Waals surface area contributed by atoms with Crippen LogP contribution in [-0.2, 0) is 0 Å². The SMILES string of the molecule is NC[C@H](O)c1cccc([N+](=O)[O-])c1Br. The van der Waals surface area contributed by atoms with Gasteiger partial charge in [0.1, 0.15) is 4.47 Å². The molecule has 0 aliphatic carbocycles. The van der Waals surface area contributed by atoms with Gasteiger partial charge in [0.2, 0.25) is 0 Å². The first kappa shape index (κ1) is 11.1. The molecule has 0 fully saturated rings. The van der Waals surface area contributed by atoms with Crippen molar-refractivity contribution in [2.24, 2.45) is 5.73 Å². The van der Waals surface area contributed by atoms with E-state index in [1.54, 1.807) is 6.07 Å². The fourth-order valence-electron chi connectivity index (χ4n) is 1.06. The molecule has 1 aromatic carbocycles. The number of aliphatic hydroxyl groups excluding tert-OH is 1. The molecule has 0 aliphatic rings. The van der Waals surface area contributed by atoms with Crippen LogP contribution >= 0.6 is 15.9 Å². The minimum atomic E-state index is -0.885. The van der Waals surface area contributed by atoms with E-state index in [1.165, 1.54) is 12.1 Å². The molecule has 14 heavy (non-hydrogen) atoms. The molecule has 6 heteroatoms. The van der Waals surface area contributed by atoms with E-state index in [0.717, 1.165) is 0 Å². The van der Waals surface area contributed by atoms with Crippen molar-refractivity contribution in [3.8, 4) is 0 Å². The van der Waals surface area contributed by atoms with Crippen molar-refractivity contribution in [3.05, 3.63) is 38.3 Å². The Hall–Kier alpha value is -0.980. The monoisotopic (exact) mass is 260 g/mol. The van der Waals surface area contributed by atoms with Crippen LogP contribution in [-0.4, -0.2) is 16.6 Å². The van der Waals surface area contributed by atoms with Gasteiger partial charge >= 0.3 is 0 Å². The normalized spacial score (nSPS) is 12.5. The minimum Gasteiger partial charge on any atom is -0.387 e. The summed E-state index contributed by atoms with van der Waals surface area (Å²) in [7, 11) is 0. The number of rotatable bonds is 3. The Morgan fingerprint density at radius 3 is 2.79 bits per heavy atom. The number of nitrogens with two attached hydrogens (primary N) is 1. The summed E-state index contributed by atoms with van der Waals surface area (Å²) in [4.78, 5) is 10.0. The highest BCUT2D eigenvalue weighted by Crippen LogP contribution is 2.31. The Bertz CT molecular complexity index is 356. The van der Waals surface area contributed by atoms with Gasteiger partial charge in [-0.1, -0.05) is 12.1 Å². The van der Waals surface area contributed by atoms with E-state index in [9.17, 15) is 15.2 Å². The highest BCUT2D eigenvalue weighted by atomic mass is 79.9. The van der Waals surface area contributed by atoms with E-state index in [-0.39, 0.29) is 16.7 Å². The van der Waals surface area contributed by atoms with Crippen LogP contribution in [0.1, 0.15) is 11.7 Å². The summed E-state index contributed by atoms with van der Waals surface area (Å²) in [6.07, 6.45) is -0.885. The molecule has 1 aromatic rings. The zero-order valence-corrected chi connectivity index (χ0v) is 8.77. The van der Waals surface area contributed by atoms with Crippen LogP contribution in [0.2, 0.25) is 0 Å². The molecule has 0 aromatic heterocycles. The van der Waals surface area contributed by atoms with Gasteiger partial charge in [0.15, 0.2) is 0 Å². The van der Waals surface area contributed by atoms with E-state index >= 15 is 0 Å². The molecule has 0 amide bonds. The zero-order valence-electron chi connectivity index (χ0n) is 7.18. The maximum absolute atomic E-state index is 10.5. The molecule has 3 N–H and O–H groups in total. The Balaban J connectivity index is 3.20. The van der Waals surface area contributed by atoms with Gasteiger partial charge in [-0.2, -0.15) is 0 Å². The maximum atomic E-state index is 10.5. The van der Waals surface area contributed by atoms with Gasteiger partial charge in [-0.15, -0.1) is 0 Å². The fourth-order valence-corrected chi connectivity index (χ4v) is 1.74. The molecular weight excluding hydrogens is 252 g/mol. The van der Waals surface area contributed by atoms with Crippen molar-refractivity contribution in [1.82, 2.24) is 0 Å². The van der Waals surface area contributed by atoms with Crippen LogP contribution in [0.15, 0.2) is 22.7 Å². The fraction of sp³-hybridized carbons (Fsp3) is 0.250. The van der Waals surface area contributed by atoms with Gasteiger partial charge < -0.3 is 10.8 Å². The van der Waals surface area contributed by atoms with E-state index in [1.807, 2.05) is 0 Å². The number of hydrogen-bond acceptors (Lipinski definition) is 4. The average molecular weight is 261 g/mol. The number of benzene rings is 1. The van der Waals surface area contributed by atoms with Gasteiger partial charge in [-0.05, 0) is 15.9 Å². The second-order valence-electron chi connectivity index (χ2n) is 2.69. The predicted octanol–water partition coefficient (Wildman–Crippen LogP) is 1.35. The van der Waals surface area contributed by atoms with Crippen molar-refractivity contribution < 1.29 is 10.0 Å². The molecule has 1 rings (SSSR count). The van der Waals surface area contributed by atoms with E-state index in [2.05, 4.69) is 15.9 Å². The summed E-state index contributed by atoms with van der Waals surface area (Å²) < 4.78 is 0.281. The van der Waals surface area contributed by atoms with Gasteiger partial charge in [-0.3, -0.25) is 10.1 Å². The zero-order chi connectivity index (χ0) is 10.7. The van der Waals surface area contributed by atoms with Gasteiger partial charge in [0.25, 0.3) is 5.69 Å². The number of nitro benzene ring substituents is 1. The van der Waals surface area contributed by atoms with Gasteiger partial charge in [-0.25, -0.2) is 0 Å². The lowest BCUT2D eigenvalue weighted by atomic mass is 10.1. The Labute approximate surface area is 88.8 Å². The molecule has 0 bridgehead atoms. The molecule has 0 heterocycles. The van der Waals surface area contributed by atoms with Crippen molar-refractivity contribution in [3.63, 3.8) is 0 Å². The highest BCUT2D eigenvalue weighted by molar-refractivity contribution is 9.10. The number of halogens is 1. The molecule has 76 valence electrons. The lowest BCUT2D eigenvalue weighted by molar-refractivity contribution is -0.385. The lowest BCUT2D eigenvalue weighted by Gasteiger charge is -2.09. The van der Waals surface area contributed by atoms with Crippen molar-refractivity contribution in [1.29, 1.82) is 0 Å². The van der Waals surface area contributed by atoms with Gasteiger partial charge in [0.05, 0.1) is 11.0 Å². The summed E-state index contributed by atoms with van der Waals surface area (Å²) in [6.45, 7) is 0.0275. The first-order valence-electron chi connectivity index (χ1n) is 3.89. The third-order valence-corrected chi connectivity index (χ3v) is 2.65. The standard InChI is InChI=1S/C8H9BrN2O3/c9-8-5(7(12)4-10)2-1-3-6(8)11(13)14/h1-3,7,12H,4,10H2/t7-/m0/s1. The summed E-state index contributed by atoms with van der Waals surface area (Å²) >= 11 is 3.07. The van der Waals surface area contributed by atoms with Crippen LogP contribution in [0.4, 0.5) is 5.69 Å². The summed E-state index contributed by atoms with van der Waals surface area (Å²) in [6, 6.07) is 4.46. The number of nitro groups is 1. The Morgan fingerprint density at radius 2 is 2.29 bits per heavy atom. The first-order valence-corrected chi connectivity index (χ1v) is 4.68. The van der Waals surface area contributed by atoms with Crippen LogP contribution < -0.4 is 5.73 Å². The summed E-state index contributed by atoms with van der Waals surface area (Å²) in [5.74, 6) is 0. The summed E-state index contributed by atoms with van der Waals surface area (Å²) in [5, 5.41) is 20.0. The van der Waals surface area contributed by atoms with Crippen LogP contribution in [0.25, 0.3) is 0 Å². The maximum Gasteiger partial charge on any atom is 0.283 e.